The van der Waals surface area contributed by atoms with Crippen molar-refractivity contribution in [3.63, 3.8) is 0 Å². The van der Waals surface area contributed by atoms with Crippen molar-refractivity contribution in [1.82, 2.24) is 5.32 Å². The van der Waals surface area contributed by atoms with Gasteiger partial charge in [-0.1, -0.05) is 24.3 Å². The molecule has 100 valence electrons. The van der Waals surface area contributed by atoms with E-state index in [1.54, 1.807) is 0 Å². The first kappa shape index (κ1) is 13.5. The molecular formula is C15H23NO2. The summed E-state index contributed by atoms with van der Waals surface area (Å²) in [5, 5.41) is 3.55. The molecule has 0 amide bonds. The fourth-order valence-electron chi connectivity index (χ4n) is 2.22. The molecule has 0 aromatic heterocycles. The van der Waals surface area contributed by atoms with Gasteiger partial charge in [-0.3, -0.25) is 0 Å². The topological polar surface area (TPSA) is 30.5 Å². The van der Waals surface area contributed by atoms with Gasteiger partial charge in [-0.15, -0.1) is 0 Å². The fourth-order valence-corrected chi connectivity index (χ4v) is 2.22. The second kappa shape index (κ2) is 6.88. The number of ether oxygens (including phenoxy) is 2. The molecular weight excluding hydrogens is 226 g/mol. The summed E-state index contributed by atoms with van der Waals surface area (Å²) in [6, 6.07) is 8.83. The second-order valence-corrected chi connectivity index (χ2v) is 4.99. The predicted molar refractivity (Wildman–Crippen MR) is 72.5 cm³/mol. The van der Waals surface area contributed by atoms with Crippen molar-refractivity contribution in [3.8, 4) is 0 Å². The van der Waals surface area contributed by atoms with E-state index in [-0.39, 0.29) is 0 Å². The van der Waals surface area contributed by atoms with Crippen LogP contribution in [0.15, 0.2) is 24.3 Å². The van der Waals surface area contributed by atoms with Crippen LogP contribution in [0.5, 0.6) is 0 Å². The summed E-state index contributed by atoms with van der Waals surface area (Å²) >= 11 is 0. The van der Waals surface area contributed by atoms with E-state index in [0.717, 1.165) is 32.8 Å². The average molecular weight is 249 g/mol. The summed E-state index contributed by atoms with van der Waals surface area (Å²) in [7, 11) is 0. The number of rotatable bonds is 6. The number of fused-ring (bicyclic) bond motifs is 1. The Kier molecular flexibility index (Phi) is 5.17. The molecule has 1 aliphatic heterocycles. The van der Waals surface area contributed by atoms with Gasteiger partial charge in [0.25, 0.3) is 0 Å². The molecule has 18 heavy (non-hydrogen) atoms. The highest BCUT2D eigenvalue weighted by Crippen LogP contribution is 2.24. The highest BCUT2D eigenvalue weighted by molar-refractivity contribution is 5.30. The minimum atomic E-state index is 0.323. The lowest BCUT2D eigenvalue weighted by atomic mass is 9.99. The van der Waals surface area contributed by atoms with Crippen LogP contribution in [0.1, 0.15) is 37.4 Å². The first-order valence-electron chi connectivity index (χ1n) is 6.78. The van der Waals surface area contributed by atoms with Gasteiger partial charge in [0.2, 0.25) is 0 Å². The van der Waals surface area contributed by atoms with Gasteiger partial charge in [-0.2, -0.15) is 0 Å². The summed E-state index contributed by atoms with van der Waals surface area (Å²) in [5.41, 5.74) is 2.69. The Bertz CT molecular complexity index is 365. The Hall–Kier alpha value is -0.900. The standard InChI is InChI=1S/C15H23NO2/c1-12(2)18-9-5-8-16-15-11-17-10-13-6-3-4-7-14(13)15/h3-4,6-7,12,15-16H,5,8-11H2,1-2H3. The Balaban J connectivity index is 1.77. The third-order valence-corrected chi connectivity index (χ3v) is 3.14. The molecule has 1 atom stereocenters. The van der Waals surface area contributed by atoms with Gasteiger partial charge in [0.1, 0.15) is 0 Å². The zero-order valence-electron chi connectivity index (χ0n) is 11.3. The molecule has 0 spiro atoms. The maximum Gasteiger partial charge on any atom is 0.0721 e. The summed E-state index contributed by atoms with van der Waals surface area (Å²) < 4.78 is 11.1. The van der Waals surface area contributed by atoms with Crippen molar-refractivity contribution >= 4 is 0 Å². The van der Waals surface area contributed by atoms with E-state index in [2.05, 4.69) is 43.4 Å². The Morgan fingerprint density at radius 2 is 2.22 bits per heavy atom. The van der Waals surface area contributed by atoms with Crippen LogP contribution in [-0.2, 0) is 16.1 Å². The molecule has 3 heteroatoms. The van der Waals surface area contributed by atoms with Crippen molar-refractivity contribution in [1.29, 1.82) is 0 Å². The van der Waals surface area contributed by atoms with E-state index in [4.69, 9.17) is 9.47 Å². The van der Waals surface area contributed by atoms with Gasteiger partial charge in [0.05, 0.1) is 25.4 Å². The van der Waals surface area contributed by atoms with Gasteiger partial charge in [0, 0.05) is 6.61 Å². The monoisotopic (exact) mass is 249 g/mol. The molecule has 2 rings (SSSR count). The molecule has 0 bridgehead atoms. The first-order valence-corrected chi connectivity index (χ1v) is 6.78. The number of hydrogen-bond donors (Lipinski definition) is 1. The third-order valence-electron chi connectivity index (χ3n) is 3.14. The molecule has 1 heterocycles. The highest BCUT2D eigenvalue weighted by Gasteiger charge is 2.19. The molecule has 0 saturated heterocycles. The Morgan fingerprint density at radius 3 is 3.06 bits per heavy atom. The van der Waals surface area contributed by atoms with E-state index in [1.165, 1.54) is 11.1 Å². The zero-order valence-corrected chi connectivity index (χ0v) is 11.3. The van der Waals surface area contributed by atoms with Crippen LogP contribution in [-0.4, -0.2) is 25.9 Å². The average Bonchev–Trinajstić information content (AvgIpc) is 2.38. The molecule has 1 aliphatic rings. The van der Waals surface area contributed by atoms with Gasteiger partial charge >= 0.3 is 0 Å². The van der Waals surface area contributed by atoms with Crippen molar-refractivity contribution < 1.29 is 9.47 Å². The molecule has 0 radical (unpaired) electrons. The minimum Gasteiger partial charge on any atom is -0.379 e. The highest BCUT2D eigenvalue weighted by atomic mass is 16.5. The van der Waals surface area contributed by atoms with E-state index in [0.29, 0.717) is 12.1 Å². The Morgan fingerprint density at radius 1 is 1.39 bits per heavy atom. The summed E-state index contributed by atoms with van der Waals surface area (Å²) in [4.78, 5) is 0. The lowest BCUT2D eigenvalue weighted by Gasteiger charge is -2.26. The van der Waals surface area contributed by atoms with Crippen LogP contribution < -0.4 is 5.32 Å². The van der Waals surface area contributed by atoms with Gasteiger partial charge < -0.3 is 14.8 Å². The number of benzene rings is 1. The van der Waals surface area contributed by atoms with Crippen LogP contribution >= 0.6 is 0 Å². The van der Waals surface area contributed by atoms with Crippen LogP contribution in [0.3, 0.4) is 0 Å². The second-order valence-electron chi connectivity index (χ2n) is 4.99. The van der Waals surface area contributed by atoms with E-state index < -0.39 is 0 Å². The number of nitrogens with one attached hydrogen (secondary N) is 1. The van der Waals surface area contributed by atoms with Crippen molar-refractivity contribution in [2.75, 3.05) is 19.8 Å². The maximum atomic E-state index is 5.61. The van der Waals surface area contributed by atoms with E-state index >= 15 is 0 Å². The molecule has 1 unspecified atom stereocenters. The lowest BCUT2D eigenvalue weighted by molar-refractivity contribution is 0.0692. The molecule has 0 aliphatic carbocycles. The third kappa shape index (κ3) is 3.80. The van der Waals surface area contributed by atoms with Gasteiger partial charge in [-0.25, -0.2) is 0 Å². The predicted octanol–water partition coefficient (Wildman–Crippen LogP) is 2.66. The lowest BCUT2D eigenvalue weighted by Crippen LogP contribution is -2.30. The summed E-state index contributed by atoms with van der Waals surface area (Å²) in [6.07, 6.45) is 1.36. The quantitative estimate of drug-likeness (QED) is 0.786. The fraction of sp³-hybridized carbons (Fsp3) is 0.600. The van der Waals surface area contributed by atoms with Crippen molar-refractivity contribution in [2.45, 2.75) is 39.0 Å². The molecule has 0 fully saturated rings. The summed E-state index contributed by atoms with van der Waals surface area (Å²) in [6.45, 7) is 7.43. The minimum absolute atomic E-state index is 0.323. The van der Waals surface area contributed by atoms with Crippen molar-refractivity contribution in [2.24, 2.45) is 0 Å². The normalized spacial score (nSPS) is 18.9. The van der Waals surface area contributed by atoms with E-state index in [1.807, 2.05) is 0 Å². The largest absolute Gasteiger partial charge is 0.379 e. The first-order chi connectivity index (χ1) is 8.77. The van der Waals surface area contributed by atoms with Crippen LogP contribution in [0.2, 0.25) is 0 Å². The Labute approximate surface area is 109 Å². The van der Waals surface area contributed by atoms with Crippen LogP contribution in [0.25, 0.3) is 0 Å². The maximum absolute atomic E-state index is 5.61. The van der Waals surface area contributed by atoms with E-state index in [9.17, 15) is 0 Å². The zero-order chi connectivity index (χ0) is 12.8. The summed E-state index contributed by atoms with van der Waals surface area (Å²) in [5.74, 6) is 0. The van der Waals surface area contributed by atoms with Crippen LogP contribution in [0, 0.1) is 0 Å². The molecule has 0 saturated carbocycles. The molecule has 1 N–H and O–H groups in total. The van der Waals surface area contributed by atoms with Gasteiger partial charge in [-0.05, 0) is 37.9 Å². The molecule has 1 aromatic carbocycles. The van der Waals surface area contributed by atoms with Gasteiger partial charge in [0.15, 0.2) is 0 Å². The number of hydrogen-bond acceptors (Lipinski definition) is 3. The SMILES string of the molecule is CC(C)OCCCNC1COCc2ccccc21. The van der Waals surface area contributed by atoms with Crippen LogP contribution in [0.4, 0.5) is 0 Å². The smallest absolute Gasteiger partial charge is 0.0721 e. The molecule has 3 nitrogen and oxygen atoms in total. The van der Waals surface area contributed by atoms with Crippen molar-refractivity contribution in [3.05, 3.63) is 35.4 Å². The molecule has 1 aromatic rings.